The van der Waals surface area contributed by atoms with Crippen LogP contribution in [-0.2, 0) is 0 Å². The number of hydrogen-bond donors (Lipinski definition) is 0. The monoisotopic (exact) mass is 354 g/mol. The molecule has 25 heavy (non-hydrogen) atoms. The van der Waals surface area contributed by atoms with Crippen LogP contribution in [0.1, 0.15) is 36.7 Å². The first-order valence-corrected chi connectivity index (χ1v) is 9.32. The Balaban J connectivity index is 1.76. The number of aliphatic imine (C=N–C) groups is 1. The third-order valence-corrected chi connectivity index (χ3v) is 5.90. The van der Waals surface area contributed by atoms with E-state index in [2.05, 4.69) is 16.8 Å². The number of amidine groups is 1. The lowest BCUT2D eigenvalue weighted by atomic mass is 9.95. The molecule has 3 heterocycles. The minimum Gasteiger partial charge on any atom is -0.338 e. The normalized spacial score (nSPS) is 24.9. The third-order valence-electron chi connectivity index (χ3n) is 4.77. The summed E-state index contributed by atoms with van der Waals surface area (Å²) >= 11 is 1.79. The van der Waals surface area contributed by atoms with Crippen molar-refractivity contribution in [2.45, 2.75) is 31.5 Å². The molecule has 7 heteroatoms. The minimum atomic E-state index is -0.364. The van der Waals surface area contributed by atoms with Gasteiger partial charge in [-0.05, 0) is 24.1 Å². The molecule has 0 bridgehead atoms. The van der Waals surface area contributed by atoms with Crippen LogP contribution < -0.4 is 0 Å². The van der Waals surface area contributed by atoms with E-state index in [-0.39, 0.29) is 22.7 Å². The SMILES string of the molecule is CC[C@@H]1CSC2=N[C@H](c3ccccn3)[C@@H](c3ccc([N+](=O)[O-])cc3)N21. The smallest absolute Gasteiger partial charge is 0.269 e. The summed E-state index contributed by atoms with van der Waals surface area (Å²) in [4.78, 5) is 22.4. The van der Waals surface area contributed by atoms with Crippen LogP contribution in [-0.4, -0.2) is 31.8 Å². The molecule has 0 N–H and O–H groups in total. The molecule has 1 saturated heterocycles. The van der Waals surface area contributed by atoms with Gasteiger partial charge in [0.2, 0.25) is 0 Å². The topological polar surface area (TPSA) is 71.6 Å². The molecule has 0 aliphatic carbocycles. The predicted octanol–water partition coefficient (Wildman–Crippen LogP) is 3.97. The highest BCUT2D eigenvalue weighted by atomic mass is 32.2. The Kier molecular flexibility index (Phi) is 4.17. The van der Waals surface area contributed by atoms with Gasteiger partial charge >= 0.3 is 0 Å². The van der Waals surface area contributed by atoms with E-state index in [1.807, 2.05) is 30.3 Å². The highest BCUT2D eigenvalue weighted by Gasteiger charge is 2.45. The number of rotatable bonds is 4. The van der Waals surface area contributed by atoms with Gasteiger partial charge in [-0.1, -0.05) is 36.9 Å². The molecule has 1 aromatic heterocycles. The molecule has 1 aromatic carbocycles. The van der Waals surface area contributed by atoms with Gasteiger partial charge in [0.25, 0.3) is 5.69 Å². The Morgan fingerprint density at radius 1 is 1.28 bits per heavy atom. The van der Waals surface area contributed by atoms with Gasteiger partial charge in [-0.2, -0.15) is 0 Å². The Hall–Kier alpha value is -2.41. The van der Waals surface area contributed by atoms with Crippen molar-refractivity contribution in [3.63, 3.8) is 0 Å². The first-order valence-electron chi connectivity index (χ1n) is 8.33. The fourth-order valence-electron chi connectivity index (χ4n) is 3.50. The maximum Gasteiger partial charge on any atom is 0.269 e. The van der Waals surface area contributed by atoms with Crippen LogP contribution in [0.3, 0.4) is 0 Å². The Morgan fingerprint density at radius 2 is 2.08 bits per heavy atom. The fourth-order valence-corrected chi connectivity index (χ4v) is 4.84. The number of non-ortho nitro benzene ring substituents is 1. The molecule has 4 rings (SSSR count). The van der Waals surface area contributed by atoms with Crippen molar-refractivity contribution in [1.82, 2.24) is 9.88 Å². The molecule has 128 valence electrons. The number of fused-ring (bicyclic) bond motifs is 1. The fraction of sp³-hybridized carbons (Fsp3) is 0.333. The molecule has 6 nitrogen and oxygen atoms in total. The van der Waals surface area contributed by atoms with Crippen LogP contribution in [0, 0.1) is 10.1 Å². The lowest BCUT2D eigenvalue weighted by Crippen LogP contribution is -2.35. The molecular formula is C18H18N4O2S. The number of pyridine rings is 1. The van der Waals surface area contributed by atoms with Crippen molar-refractivity contribution in [3.05, 3.63) is 70.0 Å². The van der Waals surface area contributed by atoms with Gasteiger partial charge in [0.1, 0.15) is 6.04 Å². The van der Waals surface area contributed by atoms with Crippen molar-refractivity contribution in [2.24, 2.45) is 4.99 Å². The average molecular weight is 354 g/mol. The molecule has 0 radical (unpaired) electrons. The standard InChI is InChI=1S/C18H18N4O2S/c1-2-13-11-25-18-20-16(15-5-3-4-10-19-15)17(21(13)18)12-6-8-14(9-7-12)22(23)24/h3-10,13,16-17H,2,11H2,1H3/t13-,16-,17-/m1/s1. The number of aromatic nitrogens is 1. The molecule has 2 aliphatic heterocycles. The van der Waals surface area contributed by atoms with Crippen LogP contribution in [0.5, 0.6) is 0 Å². The summed E-state index contributed by atoms with van der Waals surface area (Å²) in [6.45, 7) is 2.19. The van der Waals surface area contributed by atoms with E-state index in [0.29, 0.717) is 6.04 Å². The van der Waals surface area contributed by atoms with E-state index in [0.717, 1.165) is 28.6 Å². The molecule has 2 aromatic rings. The second kappa shape index (κ2) is 6.48. The van der Waals surface area contributed by atoms with Crippen molar-refractivity contribution >= 4 is 22.6 Å². The summed E-state index contributed by atoms with van der Waals surface area (Å²) in [5.41, 5.74) is 2.09. The van der Waals surface area contributed by atoms with Crippen LogP contribution in [0.15, 0.2) is 53.7 Å². The molecule has 2 aliphatic rings. The van der Waals surface area contributed by atoms with E-state index in [9.17, 15) is 10.1 Å². The van der Waals surface area contributed by atoms with Crippen LogP contribution >= 0.6 is 11.8 Å². The molecule has 0 amide bonds. The second-order valence-corrected chi connectivity index (χ2v) is 7.17. The summed E-state index contributed by atoms with van der Waals surface area (Å²) in [6.07, 6.45) is 2.83. The first-order chi connectivity index (χ1) is 12.2. The summed E-state index contributed by atoms with van der Waals surface area (Å²) in [6, 6.07) is 13.1. The van der Waals surface area contributed by atoms with Crippen molar-refractivity contribution < 1.29 is 4.92 Å². The number of thioether (sulfide) groups is 1. The first kappa shape index (κ1) is 16.1. The Labute approximate surface area is 150 Å². The van der Waals surface area contributed by atoms with Crippen LogP contribution in [0.4, 0.5) is 5.69 Å². The molecule has 0 unspecified atom stereocenters. The maximum absolute atomic E-state index is 11.0. The lowest BCUT2D eigenvalue weighted by Gasteiger charge is -2.31. The molecule has 0 saturated carbocycles. The van der Waals surface area contributed by atoms with Gasteiger partial charge in [0.05, 0.1) is 16.7 Å². The van der Waals surface area contributed by atoms with E-state index in [1.54, 1.807) is 30.1 Å². The van der Waals surface area contributed by atoms with Gasteiger partial charge in [-0.25, -0.2) is 0 Å². The van der Waals surface area contributed by atoms with Gasteiger partial charge in [-0.3, -0.25) is 20.1 Å². The molecule has 1 fully saturated rings. The Morgan fingerprint density at radius 3 is 2.72 bits per heavy atom. The van der Waals surface area contributed by atoms with E-state index in [1.165, 1.54) is 0 Å². The summed E-state index contributed by atoms with van der Waals surface area (Å²) in [7, 11) is 0. The van der Waals surface area contributed by atoms with Crippen LogP contribution in [0.25, 0.3) is 0 Å². The van der Waals surface area contributed by atoms with Crippen molar-refractivity contribution in [3.8, 4) is 0 Å². The van der Waals surface area contributed by atoms with E-state index < -0.39 is 0 Å². The molecule has 0 spiro atoms. The number of nitro groups is 1. The zero-order valence-electron chi connectivity index (χ0n) is 13.8. The van der Waals surface area contributed by atoms with E-state index >= 15 is 0 Å². The maximum atomic E-state index is 11.0. The van der Waals surface area contributed by atoms with E-state index in [4.69, 9.17) is 4.99 Å². The zero-order chi connectivity index (χ0) is 17.4. The van der Waals surface area contributed by atoms with Gasteiger partial charge < -0.3 is 4.90 Å². The number of hydrogen-bond acceptors (Lipinski definition) is 6. The summed E-state index contributed by atoms with van der Waals surface area (Å²) in [5, 5.41) is 12.0. The summed E-state index contributed by atoms with van der Waals surface area (Å²) in [5.74, 6) is 1.04. The van der Waals surface area contributed by atoms with Gasteiger partial charge in [0, 0.05) is 30.1 Å². The predicted molar refractivity (Wildman–Crippen MR) is 98.6 cm³/mol. The van der Waals surface area contributed by atoms with Crippen LogP contribution in [0.2, 0.25) is 0 Å². The lowest BCUT2D eigenvalue weighted by molar-refractivity contribution is -0.384. The third kappa shape index (κ3) is 2.78. The highest BCUT2D eigenvalue weighted by molar-refractivity contribution is 8.14. The van der Waals surface area contributed by atoms with Crippen molar-refractivity contribution in [2.75, 3.05) is 5.75 Å². The number of nitrogens with zero attached hydrogens (tertiary/aromatic N) is 4. The van der Waals surface area contributed by atoms with Crippen molar-refractivity contribution in [1.29, 1.82) is 0 Å². The van der Waals surface area contributed by atoms with Gasteiger partial charge in [-0.15, -0.1) is 0 Å². The average Bonchev–Trinajstić information content (AvgIpc) is 3.21. The second-order valence-electron chi connectivity index (χ2n) is 6.18. The minimum absolute atomic E-state index is 0.0330. The highest BCUT2D eigenvalue weighted by Crippen LogP contribution is 2.48. The molecular weight excluding hydrogens is 336 g/mol. The summed E-state index contributed by atoms with van der Waals surface area (Å²) < 4.78 is 0. The quantitative estimate of drug-likeness (QED) is 0.614. The number of nitro benzene ring substituents is 1. The Bertz CT molecular complexity index is 810. The molecule has 3 atom stereocenters. The zero-order valence-corrected chi connectivity index (χ0v) is 14.6. The van der Waals surface area contributed by atoms with Gasteiger partial charge in [0.15, 0.2) is 5.17 Å². The largest absolute Gasteiger partial charge is 0.338 e. The number of benzene rings is 1.